The Kier molecular flexibility index (Phi) is 14.9. The number of hydrogen-bond donors (Lipinski definition) is 4. The molecule has 0 saturated carbocycles. The van der Waals surface area contributed by atoms with Crippen LogP contribution in [0.15, 0.2) is 127 Å². The highest BCUT2D eigenvalue weighted by molar-refractivity contribution is 7.84. The number of amides is 2. The number of ether oxygens (including phenoxy) is 5. The molecule has 2 fully saturated rings. The van der Waals surface area contributed by atoms with Gasteiger partial charge in [0, 0.05) is 24.4 Å². The standard InChI is InChI=1S/C52H53FN12O11S/c1-6-36-37(25-39(73-36)65-46-42(62-63-65)49(68)61-51(59-46)60-47(66)29(2)3)76-77(69,70)57-26-38-43(40(53)50(74-38)64-28-56-41-44(54-27-55-45(41)64)58-48(67)30-13-9-7-10-14-30)75-52(31-15-11-8-12-16-31,32-17-21-34(71-4)22-18-32)33-19-23-35(72-5)24-20-33/h7-24,27-29,36-40,43,50,57H,6,25-26H2,1-5H3,(H,54,55,58,67)(H2,59,60,61,66,68)/t36-,37+,38-,39-,40-,43-,50-/m1/s1. The molecule has 400 valence electrons. The summed E-state index contributed by atoms with van der Waals surface area (Å²) in [5.74, 6) is -0.266. The van der Waals surface area contributed by atoms with Gasteiger partial charge in [0.1, 0.15) is 41.7 Å². The minimum Gasteiger partial charge on any atom is -0.497 e. The number of nitrogens with one attached hydrogen (secondary N) is 4. The predicted octanol–water partition coefficient (Wildman–Crippen LogP) is 5.75. The van der Waals surface area contributed by atoms with Crippen LogP contribution in [0.5, 0.6) is 11.5 Å². The number of carbonyl (C=O) groups excluding carboxylic acids is 2. The summed E-state index contributed by atoms with van der Waals surface area (Å²) >= 11 is 0. The van der Waals surface area contributed by atoms with Crippen LogP contribution in [0.25, 0.3) is 22.3 Å². The lowest BCUT2D eigenvalue weighted by Gasteiger charge is -2.39. The fraction of sp³-hybridized carbons (Fsp3) is 0.327. The number of aromatic nitrogens is 9. The molecule has 0 unspecified atom stereocenters. The van der Waals surface area contributed by atoms with Crippen molar-refractivity contribution in [2.24, 2.45) is 5.92 Å². The molecule has 2 saturated heterocycles. The number of alkyl halides is 1. The van der Waals surface area contributed by atoms with E-state index in [0.29, 0.717) is 33.8 Å². The van der Waals surface area contributed by atoms with Gasteiger partial charge in [-0.1, -0.05) is 98.8 Å². The molecule has 23 nitrogen and oxygen atoms in total. The molecule has 0 bridgehead atoms. The van der Waals surface area contributed by atoms with Gasteiger partial charge in [0.25, 0.3) is 11.5 Å². The molecule has 77 heavy (non-hydrogen) atoms. The number of anilines is 2. The van der Waals surface area contributed by atoms with E-state index in [1.165, 1.54) is 36.1 Å². The van der Waals surface area contributed by atoms with Crippen LogP contribution in [0.3, 0.4) is 0 Å². The Balaban J connectivity index is 0.987. The molecule has 10 rings (SSSR count). The summed E-state index contributed by atoms with van der Waals surface area (Å²) < 4.78 is 88.7. The summed E-state index contributed by atoms with van der Waals surface area (Å²) in [6, 6.07) is 31.8. The van der Waals surface area contributed by atoms with Crippen LogP contribution in [-0.4, -0.2) is 116 Å². The Labute approximate surface area is 439 Å². The highest BCUT2D eigenvalue weighted by atomic mass is 32.2. The Morgan fingerprint density at radius 1 is 0.831 bits per heavy atom. The predicted molar refractivity (Wildman–Crippen MR) is 276 cm³/mol. The lowest BCUT2D eigenvalue weighted by atomic mass is 9.79. The van der Waals surface area contributed by atoms with Gasteiger partial charge >= 0.3 is 10.3 Å². The van der Waals surface area contributed by atoms with Gasteiger partial charge in [-0.15, -0.1) is 5.10 Å². The highest BCUT2D eigenvalue weighted by Crippen LogP contribution is 2.47. The lowest BCUT2D eigenvalue weighted by Crippen LogP contribution is -2.47. The third kappa shape index (κ3) is 10.5. The zero-order chi connectivity index (χ0) is 54.0. The zero-order valence-corrected chi connectivity index (χ0v) is 43.0. The number of rotatable bonds is 19. The largest absolute Gasteiger partial charge is 0.497 e. The maximum atomic E-state index is 18.2. The number of imidazole rings is 1. The second-order valence-corrected chi connectivity index (χ2v) is 19.8. The molecule has 4 N–H and O–H groups in total. The van der Waals surface area contributed by atoms with Gasteiger partial charge in [-0.25, -0.2) is 19.3 Å². The third-order valence-corrected chi connectivity index (χ3v) is 14.3. The van der Waals surface area contributed by atoms with E-state index in [1.54, 1.807) is 99.6 Å². The normalized spacial score (nSPS) is 20.7. The summed E-state index contributed by atoms with van der Waals surface area (Å²) in [7, 11) is -1.65. The minimum atomic E-state index is -4.73. The molecule has 4 aromatic carbocycles. The number of halogens is 1. The van der Waals surface area contributed by atoms with Crippen molar-refractivity contribution in [1.82, 2.24) is 49.2 Å². The molecule has 2 aliphatic heterocycles. The van der Waals surface area contributed by atoms with E-state index in [0.717, 1.165) is 0 Å². The number of carbonyl (C=O) groups is 2. The molecule has 8 aromatic rings. The maximum absolute atomic E-state index is 18.2. The average Bonchev–Trinajstić information content (AvgIpc) is 4.32. The van der Waals surface area contributed by atoms with Gasteiger partial charge in [-0.3, -0.25) is 33.4 Å². The van der Waals surface area contributed by atoms with Crippen molar-refractivity contribution in [3.63, 3.8) is 0 Å². The van der Waals surface area contributed by atoms with Gasteiger partial charge in [0.2, 0.25) is 11.9 Å². The van der Waals surface area contributed by atoms with Crippen LogP contribution >= 0.6 is 0 Å². The molecule has 4 aromatic heterocycles. The van der Waals surface area contributed by atoms with E-state index in [2.05, 4.69) is 50.6 Å². The van der Waals surface area contributed by atoms with E-state index in [1.807, 2.05) is 30.3 Å². The second-order valence-electron chi connectivity index (χ2n) is 18.4. The SMILES string of the molecule is CC[C@H]1O[C@@H](n2nnc3c(=O)[nH]c(NC(=O)C(C)C)nc32)C[C@@H]1OS(=O)(=O)NC[C@H]1O[C@@H](n2cnc3c(NC(=O)c4ccccc4)ncnc32)[C@H](F)[C@@H]1OC(c1ccccc1)(c1ccc(OC)cc1)c1ccc(OC)cc1. The van der Waals surface area contributed by atoms with Crippen molar-refractivity contribution >= 4 is 56.2 Å². The molecule has 7 atom stereocenters. The molecule has 0 aliphatic carbocycles. The first kappa shape index (κ1) is 52.4. The van der Waals surface area contributed by atoms with Crippen molar-refractivity contribution in [2.45, 2.75) is 82.3 Å². The Hall–Kier alpha value is -8.07. The van der Waals surface area contributed by atoms with Gasteiger partial charge in [-0.2, -0.15) is 22.8 Å². The number of H-pyrrole nitrogens is 1. The summed E-state index contributed by atoms with van der Waals surface area (Å²) in [6.07, 6.45) is -6.79. The van der Waals surface area contributed by atoms with Crippen LogP contribution in [0.2, 0.25) is 0 Å². The smallest absolute Gasteiger partial charge is 0.336 e. The van der Waals surface area contributed by atoms with Crippen LogP contribution < -0.4 is 30.4 Å². The van der Waals surface area contributed by atoms with Crippen molar-refractivity contribution in [1.29, 1.82) is 0 Å². The number of nitrogens with zero attached hydrogens (tertiary/aromatic N) is 8. The number of methoxy groups -OCH3 is 2. The first-order valence-corrected chi connectivity index (χ1v) is 26.0. The molecule has 2 aliphatic rings. The average molecular weight is 1070 g/mol. The van der Waals surface area contributed by atoms with E-state index in [-0.39, 0.29) is 46.9 Å². The Morgan fingerprint density at radius 2 is 1.48 bits per heavy atom. The van der Waals surface area contributed by atoms with Crippen LogP contribution in [0.4, 0.5) is 16.2 Å². The van der Waals surface area contributed by atoms with Gasteiger partial charge in [0.15, 0.2) is 46.8 Å². The summed E-state index contributed by atoms with van der Waals surface area (Å²) in [5, 5.41) is 13.4. The van der Waals surface area contributed by atoms with Gasteiger partial charge in [-0.05, 0) is 59.5 Å². The molecular formula is C52H53FN12O11S. The van der Waals surface area contributed by atoms with Crippen molar-refractivity contribution in [2.75, 3.05) is 31.4 Å². The molecule has 0 spiro atoms. The topological polar surface area (TPSA) is 280 Å². The monoisotopic (exact) mass is 1070 g/mol. The van der Waals surface area contributed by atoms with Crippen LogP contribution in [-0.2, 0) is 39.1 Å². The van der Waals surface area contributed by atoms with Gasteiger partial charge < -0.3 is 29.0 Å². The summed E-state index contributed by atoms with van der Waals surface area (Å²) in [4.78, 5) is 58.7. The van der Waals surface area contributed by atoms with Crippen LogP contribution in [0.1, 0.15) is 73.1 Å². The van der Waals surface area contributed by atoms with Crippen LogP contribution in [0, 0.1) is 5.92 Å². The Bertz CT molecular complexity index is 3520. The van der Waals surface area contributed by atoms with Crippen molar-refractivity contribution < 1.29 is 50.3 Å². The number of aromatic amines is 1. The van der Waals surface area contributed by atoms with E-state index < -0.39 is 88.8 Å². The third-order valence-electron chi connectivity index (χ3n) is 13.3. The van der Waals surface area contributed by atoms with E-state index >= 15 is 4.39 Å². The maximum Gasteiger partial charge on any atom is 0.336 e. The first-order valence-electron chi connectivity index (χ1n) is 24.6. The number of hydrogen-bond acceptors (Lipinski definition) is 17. The Morgan fingerprint density at radius 3 is 2.12 bits per heavy atom. The van der Waals surface area contributed by atoms with Gasteiger partial charge in [0.05, 0.1) is 26.7 Å². The molecular weight excluding hydrogens is 1020 g/mol. The zero-order valence-electron chi connectivity index (χ0n) is 42.1. The summed E-state index contributed by atoms with van der Waals surface area (Å²) in [5.41, 5.74) is -0.138. The fourth-order valence-electron chi connectivity index (χ4n) is 9.40. The molecule has 2 amide bonds. The van der Waals surface area contributed by atoms with Crippen molar-refractivity contribution in [3.05, 3.63) is 154 Å². The van der Waals surface area contributed by atoms with E-state index in [9.17, 15) is 22.8 Å². The molecule has 25 heteroatoms. The molecule has 6 heterocycles. The fourth-order valence-corrected chi connectivity index (χ4v) is 10.4. The van der Waals surface area contributed by atoms with Crippen molar-refractivity contribution in [3.8, 4) is 11.5 Å². The minimum absolute atomic E-state index is 0.0183. The second kappa shape index (κ2) is 21.9. The first-order chi connectivity index (χ1) is 37.2. The summed E-state index contributed by atoms with van der Waals surface area (Å²) in [6.45, 7) is 4.54. The quantitative estimate of drug-likeness (QED) is 0.0702. The number of benzene rings is 4. The number of fused-ring (bicyclic) bond motifs is 2. The highest BCUT2D eigenvalue weighted by Gasteiger charge is 2.53. The van der Waals surface area contributed by atoms with E-state index in [4.69, 9.17) is 27.9 Å². The lowest BCUT2D eigenvalue weighted by molar-refractivity contribution is -0.118. The molecule has 0 radical (unpaired) electrons.